The van der Waals surface area contributed by atoms with Crippen molar-refractivity contribution >= 4 is 0 Å². The molecule has 2 nitrogen and oxygen atoms in total. The van der Waals surface area contributed by atoms with Gasteiger partial charge in [-0.2, -0.15) is 0 Å². The van der Waals surface area contributed by atoms with Gasteiger partial charge >= 0.3 is 0 Å². The highest BCUT2D eigenvalue weighted by Crippen LogP contribution is 2.24. The molecule has 0 saturated heterocycles. The maximum Gasteiger partial charge on any atom is 0.0627 e. The van der Waals surface area contributed by atoms with Crippen molar-refractivity contribution in [1.29, 1.82) is 0 Å². The first-order valence-electron chi connectivity index (χ1n) is 5.69. The van der Waals surface area contributed by atoms with Gasteiger partial charge in [-0.3, -0.25) is 0 Å². The van der Waals surface area contributed by atoms with Crippen molar-refractivity contribution in [3.63, 3.8) is 0 Å². The Morgan fingerprint density at radius 3 is 2.07 bits per heavy atom. The van der Waals surface area contributed by atoms with Crippen molar-refractivity contribution in [3.8, 4) is 0 Å². The van der Waals surface area contributed by atoms with Gasteiger partial charge < -0.3 is 9.84 Å². The van der Waals surface area contributed by atoms with Crippen LogP contribution in [0.25, 0.3) is 0 Å². The summed E-state index contributed by atoms with van der Waals surface area (Å²) in [5, 5.41) is 9.86. The summed E-state index contributed by atoms with van der Waals surface area (Å²) in [6.45, 7) is 11.0. The molecule has 1 atom stereocenters. The van der Waals surface area contributed by atoms with Crippen LogP contribution in [0.5, 0.6) is 0 Å². The second-order valence-corrected chi connectivity index (χ2v) is 4.96. The predicted octanol–water partition coefficient (Wildman–Crippen LogP) is 3.13. The third-order valence-electron chi connectivity index (χ3n) is 2.72. The molecule has 0 radical (unpaired) electrons. The normalized spacial score (nSPS) is 16.7. The van der Waals surface area contributed by atoms with Crippen LogP contribution in [-0.4, -0.2) is 22.9 Å². The van der Waals surface area contributed by atoms with E-state index in [0.717, 1.165) is 32.3 Å². The molecule has 0 spiro atoms. The molecule has 1 unspecified atom stereocenters. The van der Waals surface area contributed by atoms with Crippen LogP contribution in [0.2, 0.25) is 0 Å². The molecule has 0 aromatic rings. The monoisotopic (exact) mass is 202 g/mol. The summed E-state index contributed by atoms with van der Waals surface area (Å²) in [6.07, 6.45) is 3.57. The lowest BCUT2D eigenvalue weighted by Crippen LogP contribution is -2.31. The van der Waals surface area contributed by atoms with Gasteiger partial charge in [0.1, 0.15) is 0 Å². The van der Waals surface area contributed by atoms with Gasteiger partial charge in [-0.05, 0) is 46.5 Å². The number of hydrogen-bond acceptors (Lipinski definition) is 2. The van der Waals surface area contributed by atoms with Crippen LogP contribution in [0, 0.1) is 0 Å². The Morgan fingerprint density at radius 2 is 1.64 bits per heavy atom. The minimum absolute atomic E-state index is 0.102. The first-order chi connectivity index (χ1) is 6.33. The van der Waals surface area contributed by atoms with Gasteiger partial charge in [-0.25, -0.2) is 0 Å². The van der Waals surface area contributed by atoms with E-state index in [1.54, 1.807) is 0 Å². The Hall–Kier alpha value is -0.0800. The Kier molecular flexibility index (Phi) is 5.68. The first-order valence-corrected chi connectivity index (χ1v) is 5.69. The van der Waals surface area contributed by atoms with Crippen molar-refractivity contribution in [2.45, 2.75) is 71.5 Å². The highest BCUT2D eigenvalue weighted by atomic mass is 16.5. The van der Waals surface area contributed by atoms with Gasteiger partial charge in [0.15, 0.2) is 0 Å². The van der Waals surface area contributed by atoms with Gasteiger partial charge in [0.25, 0.3) is 0 Å². The Balaban J connectivity index is 3.85. The fourth-order valence-corrected chi connectivity index (χ4v) is 1.20. The smallest absolute Gasteiger partial charge is 0.0627 e. The largest absolute Gasteiger partial charge is 0.390 e. The molecule has 0 bridgehead atoms. The molecule has 0 rings (SSSR count). The maximum atomic E-state index is 9.86. The van der Waals surface area contributed by atoms with Crippen LogP contribution in [0.15, 0.2) is 0 Å². The van der Waals surface area contributed by atoms with E-state index in [4.69, 9.17) is 4.74 Å². The van der Waals surface area contributed by atoms with E-state index in [-0.39, 0.29) is 5.60 Å². The summed E-state index contributed by atoms with van der Waals surface area (Å²) in [5.41, 5.74) is -0.637. The minimum atomic E-state index is -0.535. The highest BCUT2D eigenvalue weighted by molar-refractivity contribution is 4.77. The molecular weight excluding hydrogens is 176 g/mol. The van der Waals surface area contributed by atoms with E-state index in [1.807, 2.05) is 13.8 Å². The molecule has 2 heteroatoms. The van der Waals surface area contributed by atoms with E-state index < -0.39 is 5.60 Å². The number of hydrogen-bond donors (Lipinski definition) is 1. The maximum absolute atomic E-state index is 9.86. The van der Waals surface area contributed by atoms with Crippen LogP contribution in [0.4, 0.5) is 0 Å². The molecule has 0 aliphatic heterocycles. The quantitative estimate of drug-likeness (QED) is 0.687. The molecular formula is C12H26O2. The van der Waals surface area contributed by atoms with Crippen LogP contribution in [0.1, 0.15) is 60.3 Å². The topological polar surface area (TPSA) is 29.5 Å². The molecule has 0 heterocycles. The zero-order chi connectivity index (χ0) is 11.2. The van der Waals surface area contributed by atoms with Crippen molar-refractivity contribution in [2.75, 3.05) is 6.61 Å². The molecule has 0 aliphatic rings. The van der Waals surface area contributed by atoms with E-state index in [2.05, 4.69) is 20.8 Å². The zero-order valence-corrected chi connectivity index (χ0v) is 10.4. The van der Waals surface area contributed by atoms with E-state index in [1.165, 1.54) is 0 Å². The highest BCUT2D eigenvalue weighted by Gasteiger charge is 2.24. The molecule has 0 aliphatic carbocycles. The average molecular weight is 202 g/mol. The lowest BCUT2D eigenvalue weighted by molar-refractivity contribution is -0.0454. The van der Waals surface area contributed by atoms with Crippen LogP contribution in [0.3, 0.4) is 0 Å². The van der Waals surface area contributed by atoms with Gasteiger partial charge in [-0.1, -0.05) is 13.8 Å². The SMILES string of the molecule is CCCOC(C)(C)CCC(C)(O)CC. The standard InChI is InChI=1S/C12H26O2/c1-6-10-14-11(3,4)8-9-12(5,13)7-2/h13H,6-10H2,1-5H3. The summed E-state index contributed by atoms with van der Waals surface area (Å²) in [7, 11) is 0. The first kappa shape index (κ1) is 13.9. The van der Waals surface area contributed by atoms with Gasteiger partial charge in [0.2, 0.25) is 0 Å². The van der Waals surface area contributed by atoms with Crippen molar-refractivity contribution < 1.29 is 9.84 Å². The van der Waals surface area contributed by atoms with E-state index in [9.17, 15) is 5.11 Å². The van der Waals surface area contributed by atoms with Crippen molar-refractivity contribution in [3.05, 3.63) is 0 Å². The third-order valence-corrected chi connectivity index (χ3v) is 2.72. The summed E-state index contributed by atoms with van der Waals surface area (Å²) >= 11 is 0. The number of aliphatic hydroxyl groups is 1. The molecule has 0 amide bonds. The lowest BCUT2D eigenvalue weighted by atomic mass is 9.91. The minimum Gasteiger partial charge on any atom is -0.390 e. The van der Waals surface area contributed by atoms with Gasteiger partial charge in [0, 0.05) is 6.61 Å². The summed E-state index contributed by atoms with van der Waals surface area (Å²) in [5.74, 6) is 0. The third kappa shape index (κ3) is 6.39. The van der Waals surface area contributed by atoms with E-state index >= 15 is 0 Å². The fourth-order valence-electron chi connectivity index (χ4n) is 1.20. The molecule has 0 aromatic carbocycles. The fraction of sp³-hybridized carbons (Fsp3) is 1.00. The summed E-state index contributed by atoms with van der Waals surface area (Å²) < 4.78 is 5.71. The zero-order valence-electron chi connectivity index (χ0n) is 10.4. The van der Waals surface area contributed by atoms with Gasteiger partial charge in [-0.15, -0.1) is 0 Å². The molecule has 0 saturated carbocycles. The molecule has 1 N–H and O–H groups in total. The summed E-state index contributed by atoms with van der Waals surface area (Å²) in [4.78, 5) is 0. The lowest BCUT2D eigenvalue weighted by Gasteiger charge is -2.29. The molecule has 86 valence electrons. The molecule has 14 heavy (non-hydrogen) atoms. The number of ether oxygens (including phenoxy) is 1. The second-order valence-electron chi connectivity index (χ2n) is 4.96. The average Bonchev–Trinajstić information content (AvgIpc) is 2.12. The predicted molar refractivity (Wildman–Crippen MR) is 60.5 cm³/mol. The Bertz CT molecular complexity index is 150. The van der Waals surface area contributed by atoms with Crippen LogP contribution < -0.4 is 0 Å². The Labute approximate surface area is 88.7 Å². The number of rotatable bonds is 7. The second kappa shape index (κ2) is 5.72. The van der Waals surface area contributed by atoms with Crippen LogP contribution in [-0.2, 0) is 4.74 Å². The van der Waals surface area contributed by atoms with Crippen LogP contribution >= 0.6 is 0 Å². The Morgan fingerprint density at radius 1 is 1.07 bits per heavy atom. The van der Waals surface area contributed by atoms with E-state index in [0.29, 0.717) is 0 Å². The summed E-state index contributed by atoms with van der Waals surface area (Å²) in [6, 6.07) is 0. The molecule has 0 aromatic heterocycles. The van der Waals surface area contributed by atoms with Gasteiger partial charge in [0.05, 0.1) is 11.2 Å². The van der Waals surface area contributed by atoms with Crippen molar-refractivity contribution in [2.24, 2.45) is 0 Å². The molecule has 0 fully saturated rings. The van der Waals surface area contributed by atoms with Crippen molar-refractivity contribution in [1.82, 2.24) is 0 Å².